The van der Waals surface area contributed by atoms with E-state index < -0.39 is 0 Å². The Kier molecular flexibility index (Phi) is 5.38. The standard InChI is InChI=1S/C14H14BrCl2NO2/c1-3-18-14(11-4-5-13(15)20-11)8-6-10(17)12(19-2)7-9(8)16/h4-7,14,18H,3H2,1-2H3. The minimum atomic E-state index is -0.165. The summed E-state index contributed by atoms with van der Waals surface area (Å²) in [7, 11) is 1.56. The van der Waals surface area contributed by atoms with Crippen LogP contribution >= 0.6 is 39.1 Å². The molecule has 1 atom stereocenters. The van der Waals surface area contributed by atoms with Gasteiger partial charge in [0.2, 0.25) is 0 Å². The number of ether oxygens (including phenoxy) is 1. The van der Waals surface area contributed by atoms with E-state index in [1.165, 1.54) is 0 Å². The maximum absolute atomic E-state index is 6.34. The Balaban J connectivity index is 2.46. The molecule has 1 heterocycles. The largest absolute Gasteiger partial charge is 0.495 e. The average molecular weight is 379 g/mol. The molecule has 108 valence electrons. The molecular weight excluding hydrogens is 365 g/mol. The summed E-state index contributed by atoms with van der Waals surface area (Å²) in [6.07, 6.45) is 0. The summed E-state index contributed by atoms with van der Waals surface area (Å²) in [6.45, 7) is 2.78. The van der Waals surface area contributed by atoms with Crippen LogP contribution in [0.5, 0.6) is 5.75 Å². The van der Waals surface area contributed by atoms with Crippen molar-refractivity contribution in [2.75, 3.05) is 13.7 Å². The predicted molar refractivity (Wildman–Crippen MR) is 84.9 cm³/mol. The van der Waals surface area contributed by atoms with Crippen molar-refractivity contribution in [3.05, 3.63) is 50.3 Å². The van der Waals surface area contributed by atoms with E-state index in [9.17, 15) is 0 Å². The van der Waals surface area contributed by atoms with Gasteiger partial charge in [-0.25, -0.2) is 0 Å². The van der Waals surface area contributed by atoms with E-state index in [4.69, 9.17) is 32.4 Å². The average Bonchev–Trinajstić information content (AvgIpc) is 2.85. The fourth-order valence-electron chi connectivity index (χ4n) is 1.97. The van der Waals surface area contributed by atoms with Gasteiger partial charge in [-0.15, -0.1) is 0 Å². The lowest BCUT2D eigenvalue weighted by molar-refractivity contribution is 0.413. The molecule has 0 spiro atoms. The molecule has 2 rings (SSSR count). The van der Waals surface area contributed by atoms with Crippen LogP contribution in [0, 0.1) is 0 Å². The molecule has 1 unspecified atom stereocenters. The topological polar surface area (TPSA) is 34.4 Å². The zero-order valence-electron chi connectivity index (χ0n) is 11.0. The molecule has 0 aliphatic heterocycles. The molecule has 1 N–H and O–H groups in total. The van der Waals surface area contributed by atoms with Crippen molar-refractivity contribution in [3.63, 3.8) is 0 Å². The van der Waals surface area contributed by atoms with Crippen molar-refractivity contribution < 1.29 is 9.15 Å². The van der Waals surface area contributed by atoms with E-state index in [2.05, 4.69) is 21.2 Å². The van der Waals surface area contributed by atoms with Gasteiger partial charge >= 0.3 is 0 Å². The van der Waals surface area contributed by atoms with Gasteiger partial charge in [0.1, 0.15) is 11.5 Å². The maximum Gasteiger partial charge on any atom is 0.169 e. The van der Waals surface area contributed by atoms with Crippen LogP contribution in [-0.2, 0) is 0 Å². The smallest absolute Gasteiger partial charge is 0.169 e. The van der Waals surface area contributed by atoms with Gasteiger partial charge in [-0.2, -0.15) is 0 Å². The molecule has 0 saturated heterocycles. The maximum atomic E-state index is 6.34. The van der Waals surface area contributed by atoms with E-state index in [1.54, 1.807) is 19.2 Å². The predicted octanol–water partition coefficient (Wildman–Crippen LogP) is 5.06. The van der Waals surface area contributed by atoms with Crippen molar-refractivity contribution in [2.45, 2.75) is 13.0 Å². The Labute approximate surface area is 136 Å². The van der Waals surface area contributed by atoms with Gasteiger partial charge in [0, 0.05) is 11.1 Å². The second-order valence-corrected chi connectivity index (χ2v) is 5.74. The molecule has 1 aromatic carbocycles. The van der Waals surface area contributed by atoms with Gasteiger partial charge in [-0.3, -0.25) is 0 Å². The number of methoxy groups -OCH3 is 1. The first-order chi connectivity index (χ1) is 9.56. The minimum absolute atomic E-state index is 0.165. The summed E-state index contributed by atoms with van der Waals surface area (Å²) < 4.78 is 11.5. The Morgan fingerprint density at radius 3 is 2.60 bits per heavy atom. The van der Waals surface area contributed by atoms with Crippen molar-refractivity contribution in [1.29, 1.82) is 0 Å². The highest BCUT2D eigenvalue weighted by molar-refractivity contribution is 9.10. The fraction of sp³-hybridized carbons (Fsp3) is 0.286. The first kappa shape index (κ1) is 15.7. The number of hydrogen-bond donors (Lipinski definition) is 1. The van der Waals surface area contributed by atoms with Gasteiger partial charge in [-0.1, -0.05) is 30.1 Å². The van der Waals surface area contributed by atoms with Gasteiger partial charge < -0.3 is 14.5 Å². The van der Waals surface area contributed by atoms with Gasteiger partial charge in [0.15, 0.2) is 4.67 Å². The summed E-state index contributed by atoms with van der Waals surface area (Å²) >= 11 is 15.8. The first-order valence-corrected chi connectivity index (χ1v) is 7.63. The highest BCUT2D eigenvalue weighted by atomic mass is 79.9. The number of nitrogens with one attached hydrogen (secondary N) is 1. The molecule has 0 radical (unpaired) electrons. The Bertz CT molecular complexity index is 601. The van der Waals surface area contributed by atoms with Crippen LogP contribution in [0.2, 0.25) is 10.0 Å². The minimum Gasteiger partial charge on any atom is -0.495 e. The summed E-state index contributed by atoms with van der Waals surface area (Å²) in [5.74, 6) is 1.32. The van der Waals surface area contributed by atoms with Crippen LogP contribution < -0.4 is 10.1 Å². The molecule has 0 aliphatic rings. The highest BCUT2D eigenvalue weighted by Crippen LogP contribution is 2.37. The third-order valence-corrected chi connectivity index (χ3v) is 3.92. The van der Waals surface area contributed by atoms with Crippen LogP contribution in [0.25, 0.3) is 0 Å². The van der Waals surface area contributed by atoms with Crippen LogP contribution in [0.15, 0.2) is 33.4 Å². The molecule has 3 nitrogen and oxygen atoms in total. The molecule has 20 heavy (non-hydrogen) atoms. The van der Waals surface area contributed by atoms with Crippen molar-refractivity contribution >= 4 is 39.1 Å². The number of hydrogen-bond acceptors (Lipinski definition) is 3. The van der Waals surface area contributed by atoms with E-state index >= 15 is 0 Å². The zero-order valence-corrected chi connectivity index (χ0v) is 14.1. The number of halogens is 3. The van der Waals surface area contributed by atoms with Crippen LogP contribution in [0.1, 0.15) is 24.3 Å². The fourth-order valence-corrected chi connectivity index (χ4v) is 2.80. The lowest BCUT2D eigenvalue weighted by Crippen LogP contribution is -2.21. The van der Waals surface area contributed by atoms with Crippen molar-refractivity contribution in [3.8, 4) is 5.75 Å². The van der Waals surface area contributed by atoms with E-state index in [0.717, 1.165) is 17.9 Å². The molecule has 0 fully saturated rings. The number of rotatable bonds is 5. The SMILES string of the molecule is CCNC(c1ccc(Br)o1)c1cc(Cl)c(OC)cc1Cl. The third kappa shape index (κ3) is 3.31. The van der Waals surface area contributed by atoms with E-state index in [1.807, 2.05) is 19.1 Å². The lowest BCUT2D eigenvalue weighted by atomic mass is 10.0. The summed E-state index contributed by atoms with van der Waals surface area (Å²) in [5.41, 5.74) is 0.848. The van der Waals surface area contributed by atoms with Crippen molar-refractivity contribution in [1.82, 2.24) is 5.32 Å². The first-order valence-electron chi connectivity index (χ1n) is 6.08. The third-order valence-electron chi connectivity index (χ3n) is 2.87. The molecule has 0 saturated carbocycles. The molecule has 0 bridgehead atoms. The normalized spacial score (nSPS) is 12.4. The number of benzene rings is 1. The van der Waals surface area contributed by atoms with E-state index in [-0.39, 0.29) is 6.04 Å². The molecule has 0 aliphatic carbocycles. The second kappa shape index (κ2) is 6.85. The van der Waals surface area contributed by atoms with E-state index in [0.29, 0.717) is 20.5 Å². The second-order valence-electron chi connectivity index (χ2n) is 4.14. The van der Waals surface area contributed by atoms with Gasteiger partial charge in [0.05, 0.1) is 18.2 Å². The summed E-state index contributed by atoms with van der Waals surface area (Å²) in [4.78, 5) is 0. The van der Waals surface area contributed by atoms with Crippen LogP contribution in [-0.4, -0.2) is 13.7 Å². The molecule has 1 aromatic heterocycles. The lowest BCUT2D eigenvalue weighted by Gasteiger charge is -2.18. The molecule has 6 heteroatoms. The quantitative estimate of drug-likeness (QED) is 0.789. The summed E-state index contributed by atoms with van der Waals surface area (Å²) in [6, 6.07) is 7.08. The van der Waals surface area contributed by atoms with Gasteiger partial charge in [-0.05, 0) is 46.2 Å². The van der Waals surface area contributed by atoms with Gasteiger partial charge in [0.25, 0.3) is 0 Å². The van der Waals surface area contributed by atoms with Crippen molar-refractivity contribution in [2.24, 2.45) is 0 Å². The number of furan rings is 1. The monoisotopic (exact) mass is 377 g/mol. The Morgan fingerprint density at radius 1 is 1.30 bits per heavy atom. The molecule has 2 aromatic rings. The molecular formula is C14H14BrCl2NO2. The zero-order chi connectivity index (χ0) is 14.7. The Morgan fingerprint density at radius 2 is 2.05 bits per heavy atom. The van der Waals surface area contributed by atoms with Crippen LogP contribution in [0.4, 0.5) is 0 Å². The Hall–Kier alpha value is -0.680. The summed E-state index contributed by atoms with van der Waals surface area (Å²) in [5, 5.41) is 4.42. The highest BCUT2D eigenvalue weighted by Gasteiger charge is 2.21. The van der Waals surface area contributed by atoms with Crippen LogP contribution in [0.3, 0.4) is 0 Å². The molecule has 0 amide bonds.